The Morgan fingerprint density at radius 1 is 0.875 bits per heavy atom. The molecule has 16 heavy (non-hydrogen) atoms. The summed E-state index contributed by atoms with van der Waals surface area (Å²) in [6.07, 6.45) is -3.13. The molecule has 4 N–H and O–H groups in total. The molecule has 7 nitrogen and oxygen atoms in total. The van der Waals surface area contributed by atoms with Crippen LogP contribution in [-0.4, -0.2) is 44.4 Å². The fourth-order valence-corrected chi connectivity index (χ4v) is 0.694. The number of aliphatic hydroxyl groups excluding tert-OH is 1. The smallest absolute Gasteiger partial charge is 0.481 e. The van der Waals surface area contributed by atoms with Crippen LogP contribution >= 0.6 is 0 Å². The second kappa shape index (κ2) is 12.8. The quantitative estimate of drug-likeness (QED) is 0.361. The average molecular weight is 261 g/mol. The summed E-state index contributed by atoms with van der Waals surface area (Å²) in [5.41, 5.74) is 0. The van der Waals surface area contributed by atoms with Gasteiger partial charge in [-0.1, -0.05) is 0 Å². The van der Waals surface area contributed by atoms with Gasteiger partial charge in [-0.05, 0) is 0 Å². The van der Waals surface area contributed by atoms with Crippen LogP contribution in [0.3, 0.4) is 0 Å². The van der Waals surface area contributed by atoms with Gasteiger partial charge in [-0.3, -0.25) is 9.59 Å². The first-order chi connectivity index (χ1) is 5.86. The predicted molar refractivity (Wildman–Crippen MR) is 37.0 cm³/mol. The monoisotopic (exact) mass is 261 g/mol. The molecule has 0 aliphatic rings. The Hall–Kier alpha value is 1.37. The molecule has 0 rings (SSSR count). The molecule has 0 aromatic heterocycles. The molecule has 0 aliphatic heterocycles. The Morgan fingerprint density at radius 3 is 1.44 bits per heavy atom. The van der Waals surface area contributed by atoms with E-state index in [2.05, 4.69) is 0 Å². The standard InChI is InChI=1S/C6H8O7.3Na/c7-3(8)1-2(5(10)11)4(9)6(12)13;;;/h2,4,9H,1H2,(H,7,8)(H,10,11)(H,12,13);;;/q;3*+1. The summed E-state index contributed by atoms with van der Waals surface area (Å²) in [5.74, 6) is -6.71. The van der Waals surface area contributed by atoms with Crippen LogP contribution < -0.4 is 88.7 Å². The fraction of sp³-hybridized carbons (Fsp3) is 0.500. The average Bonchev–Trinajstić information content (AvgIpc) is 1.97. The van der Waals surface area contributed by atoms with Crippen LogP contribution in [0.1, 0.15) is 6.42 Å². The van der Waals surface area contributed by atoms with Gasteiger partial charge in [-0.25, -0.2) is 4.79 Å². The topological polar surface area (TPSA) is 132 Å². The second-order valence-corrected chi connectivity index (χ2v) is 2.33. The summed E-state index contributed by atoms with van der Waals surface area (Å²) >= 11 is 0. The zero-order valence-electron chi connectivity index (χ0n) is 9.38. The van der Waals surface area contributed by atoms with Crippen LogP contribution in [-0.2, 0) is 14.4 Å². The van der Waals surface area contributed by atoms with E-state index in [-0.39, 0.29) is 88.7 Å². The van der Waals surface area contributed by atoms with E-state index in [0.717, 1.165) is 0 Å². The van der Waals surface area contributed by atoms with Crippen molar-refractivity contribution < 1.29 is 123 Å². The first kappa shape index (κ1) is 26.0. The van der Waals surface area contributed by atoms with Crippen LogP contribution in [0.5, 0.6) is 0 Å². The van der Waals surface area contributed by atoms with Gasteiger partial charge < -0.3 is 20.4 Å². The minimum Gasteiger partial charge on any atom is -0.481 e. The van der Waals surface area contributed by atoms with Gasteiger partial charge >= 0.3 is 107 Å². The molecule has 0 aromatic carbocycles. The Kier molecular flexibility index (Phi) is 20.9. The van der Waals surface area contributed by atoms with Crippen molar-refractivity contribution in [1.82, 2.24) is 0 Å². The normalized spacial score (nSPS) is 11.8. The first-order valence-corrected chi connectivity index (χ1v) is 3.21. The molecule has 0 saturated carbocycles. The molecule has 0 bridgehead atoms. The number of hydrogen-bond donors (Lipinski definition) is 4. The van der Waals surface area contributed by atoms with E-state index in [0.29, 0.717) is 0 Å². The zero-order chi connectivity index (χ0) is 10.6. The second-order valence-electron chi connectivity index (χ2n) is 2.33. The van der Waals surface area contributed by atoms with Crippen LogP contribution in [0, 0.1) is 5.92 Å². The molecule has 0 amide bonds. The number of rotatable bonds is 5. The van der Waals surface area contributed by atoms with Gasteiger partial charge in [-0.15, -0.1) is 0 Å². The van der Waals surface area contributed by atoms with Gasteiger partial charge in [0.05, 0.1) is 6.42 Å². The van der Waals surface area contributed by atoms with Gasteiger partial charge in [0.1, 0.15) is 5.92 Å². The predicted octanol–water partition coefficient (Wildman–Crippen LogP) is -10.4. The van der Waals surface area contributed by atoms with Crippen LogP contribution in [0.15, 0.2) is 0 Å². The van der Waals surface area contributed by atoms with E-state index in [1.807, 2.05) is 0 Å². The molecule has 2 unspecified atom stereocenters. The molecule has 0 heterocycles. The van der Waals surface area contributed by atoms with Crippen molar-refractivity contribution in [3.8, 4) is 0 Å². The molecule has 0 fully saturated rings. The molecule has 74 valence electrons. The molecule has 0 aliphatic carbocycles. The molecule has 0 spiro atoms. The van der Waals surface area contributed by atoms with Crippen molar-refractivity contribution in [3.63, 3.8) is 0 Å². The third-order valence-electron chi connectivity index (χ3n) is 1.35. The van der Waals surface area contributed by atoms with Crippen molar-refractivity contribution in [2.24, 2.45) is 5.92 Å². The Bertz CT molecular complexity index is 244. The number of aliphatic hydroxyl groups is 1. The van der Waals surface area contributed by atoms with Crippen molar-refractivity contribution in [2.45, 2.75) is 12.5 Å². The number of carbonyl (C=O) groups is 3. The third kappa shape index (κ3) is 10.5. The van der Waals surface area contributed by atoms with Crippen LogP contribution in [0.4, 0.5) is 0 Å². The maximum absolute atomic E-state index is 10.3. The maximum Gasteiger partial charge on any atom is 1.00 e. The molecular formula is C6H8Na3O7+3. The summed E-state index contributed by atoms with van der Waals surface area (Å²) in [4.78, 5) is 30.5. The molecule has 0 saturated heterocycles. The SMILES string of the molecule is O=C(O)CC(C(=O)O)C(O)C(=O)O.[Na+].[Na+].[Na+]. The van der Waals surface area contributed by atoms with Crippen LogP contribution in [0.25, 0.3) is 0 Å². The van der Waals surface area contributed by atoms with E-state index >= 15 is 0 Å². The van der Waals surface area contributed by atoms with Gasteiger partial charge in [0, 0.05) is 0 Å². The number of hydrogen-bond acceptors (Lipinski definition) is 4. The minimum absolute atomic E-state index is 0. The van der Waals surface area contributed by atoms with Gasteiger partial charge in [0.15, 0.2) is 6.10 Å². The van der Waals surface area contributed by atoms with E-state index in [1.165, 1.54) is 0 Å². The maximum atomic E-state index is 10.3. The minimum atomic E-state index is -2.20. The Labute approximate surface area is 157 Å². The Balaban J connectivity index is -0.000000240. The van der Waals surface area contributed by atoms with E-state index in [4.69, 9.17) is 20.4 Å². The van der Waals surface area contributed by atoms with Crippen molar-refractivity contribution >= 4 is 17.9 Å². The first-order valence-electron chi connectivity index (χ1n) is 3.21. The molecule has 2 atom stereocenters. The molecule has 0 aromatic rings. The molecule has 10 heteroatoms. The van der Waals surface area contributed by atoms with Gasteiger partial charge in [0.25, 0.3) is 0 Å². The summed E-state index contributed by atoms with van der Waals surface area (Å²) in [6.45, 7) is 0. The summed E-state index contributed by atoms with van der Waals surface area (Å²) < 4.78 is 0. The fourth-order valence-electron chi connectivity index (χ4n) is 0.694. The van der Waals surface area contributed by atoms with Crippen molar-refractivity contribution in [1.29, 1.82) is 0 Å². The Morgan fingerprint density at radius 2 is 1.25 bits per heavy atom. The van der Waals surface area contributed by atoms with Crippen molar-refractivity contribution in [2.75, 3.05) is 0 Å². The number of aliphatic carboxylic acids is 3. The number of carboxylic acid groups (broad SMARTS) is 3. The summed E-state index contributed by atoms with van der Waals surface area (Å²) in [5, 5.41) is 33.5. The molecular weight excluding hydrogens is 253 g/mol. The van der Waals surface area contributed by atoms with Crippen molar-refractivity contribution in [3.05, 3.63) is 0 Å². The van der Waals surface area contributed by atoms with Gasteiger partial charge in [-0.2, -0.15) is 0 Å². The third-order valence-corrected chi connectivity index (χ3v) is 1.35. The van der Waals surface area contributed by atoms with E-state index in [9.17, 15) is 14.4 Å². The van der Waals surface area contributed by atoms with E-state index < -0.39 is 36.4 Å². The summed E-state index contributed by atoms with van der Waals surface area (Å²) in [6, 6.07) is 0. The number of carboxylic acids is 3. The summed E-state index contributed by atoms with van der Waals surface area (Å²) in [7, 11) is 0. The largest absolute Gasteiger partial charge is 1.00 e. The van der Waals surface area contributed by atoms with Crippen LogP contribution in [0.2, 0.25) is 0 Å². The molecule has 0 radical (unpaired) electrons. The van der Waals surface area contributed by atoms with E-state index in [1.54, 1.807) is 0 Å². The zero-order valence-corrected chi connectivity index (χ0v) is 15.4. The van der Waals surface area contributed by atoms with Gasteiger partial charge in [0.2, 0.25) is 0 Å².